The van der Waals surface area contributed by atoms with Crippen molar-refractivity contribution in [2.45, 2.75) is 13.3 Å². The predicted molar refractivity (Wildman–Crippen MR) is 63.1 cm³/mol. The molecule has 0 saturated heterocycles. The molecule has 86 valence electrons. The number of carbonyl (C=O) groups is 1. The smallest absolute Gasteiger partial charge is 0.166 e. The van der Waals surface area contributed by atoms with Gasteiger partial charge in [-0.2, -0.15) is 0 Å². The molecule has 0 saturated carbocycles. The Bertz CT molecular complexity index is 401. The molecule has 16 heavy (non-hydrogen) atoms. The maximum absolute atomic E-state index is 12.1. The molecule has 1 aliphatic heterocycles. The van der Waals surface area contributed by atoms with Gasteiger partial charge in [-0.1, -0.05) is 6.92 Å². The maximum Gasteiger partial charge on any atom is 0.166 e. The fourth-order valence-corrected chi connectivity index (χ4v) is 2.02. The molecule has 0 aromatic heterocycles. The average molecular weight is 219 g/mol. The largest absolute Gasteiger partial charge is 0.493 e. The summed E-state index contributed by atoms with van der Waals surface area (Å²) in [6.07, 6.45) is 0.914. The van der Waals surface area contributed by atoms with Crippen molar-refractivity contribution in [3.05, 3.63) is 29.3 Å². The molecule has 3 nitrogen and oxygen atoms in total. The second kappa shape index (κ2) is 4.66. The third-order valence-corrected chi connectivity index (χ3v) is 2.93. The lowest BCUT2D eigenvalue weighted by Crippen LogP contribution is -2.23. The molecule has 1 atom stereocenters. The number of hydrogen-bond acceptors (Lipinski definition) is 3. The van der Waals surface area contributed by atoms with Gasteiger partial charge < -0.3 is 10.1 Å². The molecule has 0 amide bonds. The monoisotopic (exact) mass is 219 g/mol. The second-order valence-corrected chi connectivity index (χ2v) is 4.24. The number of carbonyl (C=O) groups excluding carboxylic acids is 1. The fourth-order valence-electron chi connectivity index (χ4n) is 2.02. The summed E-state index contributed by atoms with van der Waals surface area (Å²) in [5.41, 5.74) is 1.95. The van der Waals surface area contributed by atoms with Crippen LogP contribution >= 0.6 is 0 Å². The van der Waals surface area contributed by atoms with E-state index in [0.29, 0.717) is 6.54 Å². The molecule has 1 N–H and O–H groups in total. The minimum atomic E-state index is 0.0189. The van der Waals surface area contributed by atoms with E-state index < -0.39 is 0 Å². The summed E-state index contributed by atoms with van der Waals surface area (Å²) in [6.45, 7) is 3.40. The topological polar surface area (TPSA) is 38.3 Å². The lowest BCUT2D eigenvalue weighted by atomic mass is 9.97. The second-order valence-electron chi connectivity index (χ2n) is 4.24. The molecule has 2 rings (SSSR count). The van der Waals surface area contributed by atoms with Crippen LogP contribution in [0.3, 0.4) is 0 Å². The van der Waals surface area contributed by atoms with Crippen LogP contribution in [-0.2, 0) is 6.42 Å². The van der Waals surface area contributed by atoms with Crippen molar-refractivity contribution >= 4 is 5.78 Å². The average Bonchev–Trinajstić information content (AvgIpc) is 2.75. The number of Topliss-reactive ketones (excluding diaryl/α,β-unsaturated/α-hetero) is 1. The van der Waals surface area contributed by atoms with Crippen molar-refractivity contribution in [3.8, 4) is 5.75 Å². The van der Waals surface area contributed by atoms with E-state index in [1.54, 1.807) is 0 Å². The zero-order valence-electron chi connectivity index (χ0n) is 9.75. The van der Waals surface area contributed by atoms with Crippen molar-refractivity contribution in [3.63, 3.8) is 0 Å². The molecule has 0 radical (unpaired) electrons. The van der Waals surface area contributed by atoms with Gasteiger partial charge in [-0.25, -0.2) is 0 Å². The predicted octanol–water partition coefficient (Wildman–Crippen LogP) is 1.66. The minimum absolute atomic E-state index is 0.0189. The van der Waals surface area contributed by atoms with Crippen molar-refractivity contribution < 1.29 is 9.53 Å². The normalized spacial score (nSPS) is 15.4. The van der Waals surface area contributed by atoms with Gasteiger partial charge >= 0.3 is 0 Å². The van der Waals surface area contributed by atoms with Crippen LogP contribution in [0.15, 0.2) is 18.2 Å². The first-order valence-electron chi connectivity index (χ1n) is 5.67. The first kappa shape index (κ1) is 11.1. The van der Waals surface area contributed by atoms with Crippen molar-refractivity contribution in [1.29, 1.82) is 0 Å². The highest BCUT2D eigenvalue weighted by Gasteiger charge is 2.18. The molecule has 1 unspecified atom stereocenters. The lowest BCUT2D eigenvalue weighted by Gasteiger charge is -2.10. The zero-order valence-corrected chi connectivity index (χ0v) is 9.75. The fraction of sp³-hybridized carbons (Fsp3) is 0.462. The first-order chi connectivity index (χ1) is 7.72. The van der Waals surface area contributed by atoms with Gasteiger partial charge in [0.1, 0.15) is 5.75 Å². The molecule has 1 aromatic carbocycles. The lowest BCUT2D eigenvalue weighted by molar-refractivity contribution is 0.0930. The van der Waals surface area contributed by atoms with Crippen LogP contribution in [0.25, 0.3) is 0 Å². The summed E-state index contributed by atoms with van der Waals surface area (Å²) in [6, 6.07) is 5.73. The van der Waals surface area contributed by atoms with Crippen molar-refractivity contribution in [1.82, 2.24) is 5.32 Å². The van der Waals surface area contributed by atoms with E-state index in [4.69, 9.17) is 4.74 Å². The van der Waals surface area contributed by atoms with Gasteiger partial charge in [-0.3, -0.25) is 4.79 Å². The first-order valence-corrected chi connectivity index (χ1v) is 5.67. The molecular formula is C13H17NO2. The summed E-state index contributed by atoms with van der Waals surface area (Å²) in [5.74, 6) is 1.15. The number of ether oxygens (including phenoxy) is 1. The molecule has 0 spiro atoms. The van der Waals surface area contributed by atoms with Crippen LogP contribution in [0.4, 0.5) is 0 Å². The molecule has 0 fully saturated rings. The molecule has 1 aromatic rings. The number of rotatable bonds is 4. The SMILES string of the molecule is CNCC(C)C(=O)c1ccc2c(c1)CCO2. The Hall–Kier alpha value is -1.35. The maximum atomic E-state index is 12.1. The Labute approximate surface area is 95.8 Å². The number of fused-ring (bicyclic) bond motifs is 1. The third kappa shape index (κ3) is 2.09. The van der Waals surface area contributed by atoms with E-state index in [-0.39, 0.29) is 11.7 Å². The molecule has 0 aliphatic carbocycles. The highest BCUT2D eigenvalue weighted by molar-refractivity contribution is 5.98. The van der Waals surface area contributed by atoms with E-state index >= 15 is 0 Å². The van der Waals surface area contributed by atoms with Gasteiger partial charge in [0.15, 0.2) is 5.78 Å². The Kier molecular flexibility index (Phi) is 3.25. The van der Waals surface area contributed by atoms with Crippen LogP contribution in [0, 0.1) is 5.92 Å². The molecule has 3 heteroatoms. The number of ketones is 1. The summed E-state index contributed by atoms with van der Waals surface area (Å²) >= 11 is 0. The van der Waals surface area contributed by atoms with E-state index in [2.05, 4.69) is 5.32 Å². The summed E-state index contributed by atoms with van der Waals surface area (Å²) in [4.78, 5) is 12.1. The van der Waals surface area contributed by atoms with Crippen LogP contribution in [-0.4, -0.2) is 26.0 Å². The summed E-state index contributed by atoms with van der Waals surface area (Å²) in [5, 5.41) is 3.02. The molecular weight excluding hydrogens is 202 g/mol. The van der Waals surface area contributed by atoms with Gasteiger partial charge in [0.2, 0.25) is 0 Å². The van der Waals surface area contributed by atoms with Crippen molar-refractivity contribution in [2.75, 3.05) is 20.2 Å². The number of hydrogen-bond donors (Lipinski definition) is 1. The summed E-state index contributed by atoms with van der Waals surface area (Å²) in [7, 11) is 1.86. The van der Waals surface area contributed by atoms with E-state index in [0.717, 1.165) is 29.9 Å². The quantitative estimate of drug-likeness (QED) is 0.783. The van der Waals surface area contributed by atoms with Gasteiger partial charge in [0.25, 0.3) is 0 Å². The minimum Gasteiger partial charge on any atom is -0.493 e. The Morgan fingerprint density at radius 3 is 3.12 bits per heavy atom. The van der Waals surface area contributed by atoms with Crippen LogP contribution in [0.5, 0.6) is 5.75 Å². The standard InChI is InChI=1S/C13H17NO2/c1-9(8-14-2)13(15)11-3-4-12-10(7-11)5-6-16-12/h3-4,7,9,14H,5-6,8H2,1-2H3. The molecule has 0 bridgehead atoms. The van der Waals surface area contributed by atoms with E-state index in [9.17, 15) is 4.79 Å². The summed E-state index contributed by atoms with van der Waals surface area (Å²) < 4.78 is 5.42. The van der Waals surface area contributed by atoms with E-state index in [1.165, 1.54) is 0 Å². The van der Waals surface area contributed by atoms with Crippen molar-refractivity contribution in [2.24, 2.45) is 5.92 Å². The Morgan fingerprint density at radius 1 is 1.56 bits per heavy atom. The van der Waals surface area contributed by atoms with Gasteiger partial charge in [0, 0.05) is 24.4 Å². The Morgan fingerprint density at radius 2 is 2.38 bits per heavy atom. The van der Waals surface area contributed by atoms with Gasteiger partial charge in [-0.05, 0) is 30.8 Å². The van der Waals surface area contributed by atoms with Crippen LogP contribution in [0.2, 0.25) is 0 Å². The molecule has 1 aliphatic rings. The van der Waals surface area contributed by atoms with Gasteiger partial charge in [0.05, 0.1) is 6.61 Å². The Balaban J connectivity index is 2.18. The third-order valence-electron chi connectivity index (χ3n) is 2.93. The number of benzene rings is 1. The highest BCUT2D eigenvalue weighted by atomic mass is 16.5. The van der Waals surface area contributed by atoms with E-state index in [1.807, 2.05) is 32.2 Å². The number of nitrogens with one attached hydrogen (secondary N) is 1. The highest BCUT2D eigenvalue weighted by Crippen LogP contribution is 2.26. The van der Waals surface area contributed by atoms with Gasteiger partial charge in [-0.15, -0.1) is 0 Å². The van der Waals surface area contributed by atoms with Crippen LogP contribution < -0.4 is 10.1 Å². The van der Waals surface area contributed by atoms with Crippen LogP contribution in [0.1, 0.15) is 22.8 Å². The zero-order chi connectivity index (χ0) is 11.5. The molecule has 1 heterocycles.